The van der Waals surface area contributed by atoms with E-state index in [0.717, 1.165) is 11.3 Å². The number of rotatable bonds is 2. The first-order valence-electron chi connectivity index (χ1n) is 4.96. The summed E-state index contributed by atoms with van der Waals surface area (Å²) in [5.74, 6) is 0.337. The van der Waals surface area contributed by atoms with Crippen molar-refractivity contribution in [1.82, 2.24) is 15.0 Å². The molecule has 0 saturated carbocycles. The van der Waals surface area contributed by atoms with Crippen LogP contribution in [0.2, 0.25) is 10.6 Å². The first-order chi connectivity index (χ1) is 8.06. The number of nitrogens with zero attached hydrogens (tertiary/aromatic N) is 3. The zero-order chi connectivity index (χ0) is 12.4. The van der Waals surface area contributed by atoms with Gasteiger partial charge >= 0.3 is 0 Å². The molecule has 0 bridgehead atoms. The van der Waals surface area contributed by atoms with Crippen molar-refractivity contribution in [2.75, 3.05) is 5.32 Å². The fourth-order valence-electron chi connectivity index (χ4n) is 1.39. The molecule has 4 nitrogen and oxygen atoms in total. The van der Waals surface area contributed by atoms with E-state index >= 15 is 0 Å². The zero-order valence-electron chi connectivity index (χ0n) is 9.33. The lowest BCUT2D eigenvalue weighted by molar-refractivity contribution is 1.05. The Balaban J connectivity index is 2.34. The Labute approximate surface area is 109 Å². The van der Waals surface area contributed by atoms with Gasteiger partial charge in [0.15, 0.2) is 0 Å². The van der Waals surface area contributed by atoms with E-state index in [0.29, 0.717) is 5.95 Å². The standard InChI is InChI=1S/C11H10Cl2N4/c1-6-4-3-5-8(7(6)2)14-11-16-9(12)15-10(13)17-11/h3-5H,1-2H3,(H,14,15,16,17). The molecule has 0 aliphatic carbocycles. The van der Waals surface area contributed by atoms with Gasteiger partial charge in [-0.05, 0) is 54.2 Å². The van der Waals surface area contributed by atoms with E-state index in [1.807, 2.05) is 32.0 Å². The lowest BCUT2D eigenvalue weighted by Crippen LogP contribution is -2.01. The molecule has 0 saturated heterocycles. The molecule has 1 aromatic heterocycles. The third-order valence-electron chi connectivity index (χ3n) is 2.43. The van der Waals surface area contributed by atoms with Gasteiger partial charge in [-0.15, -0.1) is 0 Å². The topological polar surface area (TPSA) is 50.7 Å². The molecule has 2 aromatic rings. The molecule has 1 aromatic carbocycles. The van der Waals surface area contributed by atoms with Crippen molar-refractivity contribution >= 4 is 34.8 Å². The van der Waals surface area contributed by atoms with E-state index < -0.39 is 0 Å². The Kier molecular flexibility index (Phi) is 3.45. The summed E-state index contributed by atoms with van der Waals surface area (Å²) >= 11 is 11.4. The molecule has 1 heterocycles. The van der Waals surface area contributed by atoms with Gasteiger partial charge in [0.25, 0.3) is 0 Å². The molecule has 0 amide bonds. The number of hydrogen-bond acceptors (Lipinski definition) is 4. The summed E-state index contributed by atoms with van der Waals surface area (Å²) in [5, 5.41) is 3.20. The van der Waals surface area contributed by atoms with Crippen molar-refractivity contribution in [3.05, 3.63) is 39.9 Å². The van der Waals surface area contributed by atoms with Gasteiger partial charge in [0.05, 0.1) is 0 Å². The number of hydrogen-bond donors (Lipinski definition) is 1. The molecule has 6 heteroatoms. The van der Waals surface area contributed by atoms with Crippen molar-refractivity contribution in [1.29, 1.82) is 0 Å². The SMILES string of the molecule is Cc1cccc(Nc2nc(Cl)nc(Cl)n2)c1C. The second-order valence-electron chi connectivity index (χ2n) is 3.57. The lowest BCUT2D eigenvalue weighted by atomic mass is 10.1. The van der Waals surface area contributed by atoms with Gasteiger partial charge in [0, 0.05) is 5.69 Å². The molecule has 0 radical (unpaired) electrons. The quantitative estimate of drug-likeness (QED) is 0.905. The fourth-order valence-corrected chi connectivity index (χ4v) is 1.75. The Hall–Kier alpha value is -1.39. The van der Waals surface area contributed by atoms with Crippen LogP contribution in [0, 0.1) is 13.8 Å². The van der Waals surface area contributed by atoms with Crippen LogP contribution in [0.25, 0.3) is 0 Å². The predicted octanol–water partition coefficient (Wildman–Crippen LogP) is 3.54. The Morgan fingerprint density at radius 3 is 2.29 bits per heavy atom. The van der Waals surface area contributed by atoms with Crippen LogP contribution in [-0.2, 0) is 0 Å². The number of aromatic nitrogens is 3. The smallest absolute Gasteiger partial charge is 0.232 e. The molecule has 2 rings (SSSR count). The highest BCUT2D eigenvalue weighted by atomic mass is 35.5. The average Bonchev–Trinajstić information content (AvgIpc) is 2.23. The second-order valence-corrected chi connectivity index (χ2v) is 4.25. The highest BCUT2D eigenvalue weighted by Crippen LogP contribution is 2.21. The molecule has 0 fully saturated rings. The number of anilines is 2. The summed E-state index contributed by atoms with van der Waals surface area (Å²) in [6.07, 6.45) is 0. The van der Waals surface area contributed by atoms with Gasteiger partial charge in [-0.1, -0.05) is 12.1 Å². The second kappa shape index (κ2) is 4.85. The van der Waals surface area contributed by atoms with Crippen LogP contribution in [0.5, 0.6) is 0 Å². The first-order valence-corrected chi connectivity index (χ1v) is 5.72. The van der Waals surface area contributed by atoms with Crippen molar-refractivity contribution < 1.29 is 0 Å². The lowest BCUT2D eigenvalue weighted by Gasteiger charge is -2.09. The molecular weight excluding hydrogens is 259 g/mol. The van der Waals surface area contributed by atoms with Gasteiger partial charge in [-0.25, -0.2) is 0 Å². The number of halogens is 2. The molecule has 0 aliphatic rings. The van der Waals surface area contributed by atoms with Gasteiger partial charge in [-0.2, -0.15) is 15.0 Å². The maximum Gasteiger partial charge on any atom is 0.232 e. The normalized spacial score (nSPS) is 10.4. The molecule has 17 heavy (non-hydrogen) atoms. The van der Waals surface area contributed by atoms with Gasteiger partial charge in [0.1, 0.15) is 0 Å². The maximum absolute atomic E-state index is 5.70. The summed E-state index contributed by atoms with van der Waals surface area (Å²) in [4.78, 5) is 11.6. The van der Waals surface area contributed by atoms with Crippen LogP contribution >= 0.6 is 23.2 Å². The van der Waals surface area contributed by atoms with Crippen LogP contribution in [0.3, 0.4) is 0 Å². The maximum atomic E-state index is 5.70. The molecule has 88 valence electrons. The molecule has 0 aliphatic heterocycles. The average molecular weight is 269 g/mol. The van der Waals surface area contributed by atoms with E-state index in [9.17, 15) is 0 Å². The Morgan fingerprint density at radius 1 is 1.00 bits per heavy atom. The third-order valence-corrected chi connectivity index (χ3v) is 2.77. The zero-order valence-corrected chi connectivity index (χ0v) is 10.8. The van der Waals surface area contributed by atoms with E-state index in [1.54, 1.807) is 0 Å². The van der Waals surface area contributed by atoms with Crippen LogP contribution in [0.15, 0.2) is 18.2 Å². The van der Waals surface area contributed by atoms with E-state index in [-0.39, 0.29) is 10.6 Å². The van der Waals surface area contributed by atoms with Crippen LogP contribution in [0.1, 0.15) is 11.1 Å². The van der Waals surface area contributed by atoms with E-state index in [1.165, 1.54) is 5.56 Å². The minimum Gasteiger partial charge on any atom is -0.324 e. The van der Waals surface area contributed by atoms with Gasteiger partial charge in [-0.3, -0.25) is 0 Å². The minimum atomic E-state index is 0.0674. The molecule has 0 spiro atoms. The summed E-state index contributed by atoms with van der Waals surface area (Å²) < 4.78 is 0. The van der Waals surface area contributed by atoms with Gasteiger partial charge in [0.2, 0.25) is 16.5 Å². The van der Waals surface area contributed by atoms with E-state index in [4.69, 9.17) is 23.2 Å². The molecular formula is C11H10Cl2N4. The Morgan fingerprint density at radius 2 is 1.65 bits per heavy atom. The first kappa shape index (κ1) is 12.1. The van der Waals surface area contributed by atoms with Crippen molar-refractivity contribution in [3.63, 3.8) is 0 Å². The number of benzene rings is 1. The summed E-state index contributed by atoms with van der Waals surface area (Å²) in [7, 11) is 0. The Bertz CT molecular complexity index is 537. The van der Waals surface area contributed by atoms with Gasteiger partial charge < -0.3 is 5.32 Å². The molecule has 0 atom stereocenters. The third kappa shape index (κ3) is 2.84. The largest absolute Gasteiger partial charge is 0.324 e. The van der Waals surface area contributed by atoms with Crippen molar-refractivity contribution in [2.45, 2.75) is 13.8 Å². The number of aryl methyl sites for hydroxylation is 1. The highest BCUT2D eigenvalue weighted by molar-refractivity contribution is 6.31. The molecule has 1 N–H and O–H groups in total. The van der Waals surface area contributed by atoms with Crippen LogP contribution in [-0.4, -0.2) is 15.0 Å². The predicted molar refractivity (Wildman–Crippen MR) is 69.0 cm³/mol. The minimum absolute atomic E-state index is 0.0674. The fraction of sp³-hybridized carbons (Fsp3) is 0.182. The number of nitrogens with one attached hydrogen (secondary N) is 1. The molecule has 0 unspecified atom stereocenters. The van der Waals surface area contributed by atoms with Crippen LogP contribution < -0.4 is 5.32 Å². The van der Waals surface area contributed by atoms with Crippen molar-refractivity contribution in [3.8, 4) is 0 Å². The van der Waals surface area contributed by atoms with Crippen LogP contribution in [0.4, 0.5) is 11.6 Å². The monoisotopic (exact) mass is 268 g/mol. The van der Waals surface area contributed by atoms with E-state index in [2.05, 4.69) is 20.3 Å². The summed E-state index contributed by atoms with van der Waals surface area (Å²) in [6.45, 7) is 4.05. The summed E-state index contributed by atoms with van der Waals surface area (Å²) in [6, 6.07) is 5.93. The highest BCUT2D eigenvalue weighted by Gasteiger charge is 2.06. The summed E-state index contributed by atoms with van der Waals surface area (Å²) in [5.41, 5.74) is 3.23. The van der Waals surface area contributed by atoms with Crippen molar-refractivity contribution in [2.24, 2.45) is 0 Å².